The van der Waals surface area contributed by atoms with Gasteiger partial charge in [-0.05, 0) is 27.9 Å². The van der Waals surface area contributed by atoms with E-state index in [9.17, 15) is 0 Å². The van der Waals surface area contributed by atoms with Crippen molar-refractivity contribution in [1.82, 2.24) is 0 Å². The second-order valence-electron chi connectivity index (χ2n) is 5.98. The van der Waals surface area contributed by atoms with Crippen molar-refractivity contribution in [1.29, 1.82) is 0 Å². The molecule has 0 fully saturated rings. The topological polar surface area (TPSA) is 26.0 Å². The number of rotatable bonds is 4. The predicted octanol–water partition coefficient (Wildman–Crippen LogP) is 4.15. The van der Waals surface area contributed by atoms with Crippen molar-refractivity contribution in [3.63, 3.8) is 0 Å². The van der Waals surface area contributed by atoms with Gasteiger partial charge in [0.2, 0.25) is 0 Å². The van der Waals surface area contributed by atoms with Crippen LogP contribution >= 0.6 is 0 Å². The molecule has 0 aliphatic heterocycles. The fourth-order valence-electron chi connectivity index (χ4n) is 3.82. The molecule has 0 unspecified atom stereocenters. The quantitative estimate of drug-likeness (QED) is 0.629. The third-order valence-corrected chi connectivity index (χ3v) is 11.4. The van der Waals surface area contributed by atoms with E-state index in [1.165, 1.54) is 5.19 Å². The second-order valence-corrected chi connectivity index (χ2v) is 11.9. The van der Waals surface area contributed by atoms with Crippen LogP contribution in [0.2, 0.25) is 16.6 Å². The Morgan fingerprint density at radius 1 is 0.824 bits per heavy atom. The molecule has 1 aromatic carbocycles. The predicted molar refractivity (Wildman–Crippen MR) is 81.5 cm³/mol. The molecule has 0 bridgehead atoms. The van der Waals surface area contributed by atoms with Gasteiger partial charge in [-0.2, -0.15) is 0 Å². The van der Waals surface area contributed by atoms with Gasteiger partial charge in [0.05, 0.1) is 8.07 Å². The maximum Gasteiger partial charge on any atom is 0.0969 e. The molecule has 96 valence electrons. The van der Waals surface area contributed by atoms with Crippen molar-refractivity contribution in [2.24, 2.45) is 0 Å². The second kappa shape index (κ2) is 5.26. The minimum Gasteiger partial charge on any atom is -0.399 e. The molecular formula is C15H27NSi. The minimum atomic E-state index is -1.57. The van der Waals surface area contributed by atoms with Gasteiger partial charge in [-0.1, -0.05) is 59.7 Å². The van der Waals surface area contributed by atoms with Crippen molar-refractivity contribution in [3.8, 4) is 0 Å². The zero-order chi connectivity index (χ0) is 13.2. The van der Waals surface area contributed by atoms with Gasteiger partial charge in [-0.25, -0.2) is 0 Å². The zero-order valence-electron chi connectivity index (χ0n) is 12.1. The van der Waals surface area contributed by atoms with E-state index < -0.39 is 8.07 Å². The Morgan fingerprint density at radius 2 is 1.24 bits per heavy atom. The van der Waals surface area contributed by atoms with Crippen LogP contribution in [0.3, 0.4) is 0 Å². The third-order valence-electron chi connectivity index (χ3n) is 4.29. The normalized spacial score (nSPS) is 12.8. The van der Waals surface area contributed by atoms with Gasteiger partial charge in [0.15, 0.2) is 0 Å². The Balaban J connectivity index is 3.48. The van der Waals surface area contributed by atoms with Crippen LogP contribution < -0.4 is 10.9 Å². The molecule has 0 heterocycles. The standard InChI is InChI=1S/C15H27NSi/c1-11(2)17(12(3)4,13(5)6)15-10-8-7-9-14(15)16/h7-13H,16H2,1-6H3. The number of para-hydroxylation sites is 1. The molecule has 0 radical (unpaired) electrons. The fraction of sp³-hybridized carbons (Fsp3) is 0.600. The first kappa shape index (κ1) is 14.3. The first-order valence-corrected chi connectivity index (χ1v) is 8.93. The van der Waals surface area contributed by atoms with E-state index in [4.69, 9.17) is 5.73 Å². The van der Waals surface area contributed by atoms with Gasteiger partial charge >= 0.3 is 0 Å². The van der Waals surface area contributed by atoms with Crippen molar-refractivity contribution in [2.75, 3.05) is 5.73 Å². The average Bonchev–Trinajstić information content (AvgIpc) is 2.19. The first-order valence-electron chi connectivity index (χ1n) is 6.70. The van der Waals surface area contributed by atoms with E-state index in [-0.39, 0.29) is 0 Å². The third kappa shape index (κ3) is 2.28. The molecule has 2 N–H and O–H groups in total. The summed E-state index contributed by atoms with van der Waals surface area (Å²) in [5.74, 6) is 0. The zero-order valence-corrected chi connectivity index (χ0v) is 13.1. The maximum atomic E-state index is 6.25. The summed E-state index contributed by atoms with van der Waals surface area (Å²) in [6, 6.07) is 8.51. The van der Waals surface area contributed by atoms with Gasteiger partial charge in [-0.15, -0.1) is 0 Å². The van der Waals surface area contributed by atoms with Crippen LogP contribution in [-0.4, -0.2) is 8.07 Å². The minimum absolute atomic E-state index is 0.715. The Hall–Kier alpha value is -0.763. The van der Waals surface area contributed by atoms with Gasteiger partial charge in [0, 0.05) is 5.69 Å². The van der Waals surface area contributed by atoms with Gasteiger partial charge < -0.3 is 5.73 Å². The van der Waals surface area contributed by atoms with Crippen LogP contribution in [0.5, 0.6) is 0 Å². The molecule has 17 heavy (non-hydrogen) atoms. The van der Waals surface area contributed by atoms with Crippen molar-refractivity contribution < 1.29 is 0 Å². The lowest BCUT2D eigenvalue weighted by Crippen LogP contribution is -2.56. The van der Waals surface area contributed by atoms with Gasteiger partial charge in [-0.3, -0.25) is 0 Å². The lowest BCUT2D eigenvalue weighted by molar-refractivity contribution is 0.835. The molecule has 0 aliphatic rings. The Bertz CT molecular complexity index is 347. The maximum absolute atomic E-state index is 6.25. The summed E-state index contributed by atoms with van der Waals surface area (Å²) in [6.45, 7) is 14.2. The van der Waals surface area contributed by atoms with E-state index in [0.29, 0.717) is 16.6 Å². The molecule has 1 rings (SSSR count). The molecule has 0 aliphatic carbocycles. The average molecular weight is 249 g/mol. The molecule has 1 aromatic rings. The van der Waals surface area contributed by atoms with E-state index >= 15 is 0 Å². The Morgan fingerprint density at radius 3 is 1.59 bits per heavy atom. The number of nitrogen functional groups attached to an aromatic ring is 1. The van der Waals surface area contributed by atoms with Gasteiger partial charge in [0.1, 0.15) is 0 Å². The lowest BCUT2D eigenvalue weighted by Gasteiger charge is -2.44. The van der Waals surface area contributed by atoms with Crippen molar-refractivity contribution in [2.45, 2.75) is 58.2 Å². The Kier molecular flexibility index (Phi) is 4.42. The highest BCUT2D eigenvalue weighted by atomic mass is 28.3. The highest BCUT2D eigenvalue weighted by Gasteiger charge is 2.45. The molecule has 0 atom stereocenters. The van der Waals surface area contributed by atoms with Crippen LogP contribution in [0.4, 0.5) is 5.69 Å². The summed E-state index contributed by atoms with van der Waals surface area (Å²) < 4.78 is 0. The lowest BCUT2D eigenvalue weighted by atomic mass is 10.3. The number of hydrogen-bond donors (Lipinski definition) is 1. The van der Waals surface area contributed by atoms with Crippen LogP contribution in [0, 0.1) is 0 Å². The molecule has 0 saturated heterocycles. The SMILES string of the molecule is CC(C)[Si](c1ccccc1N)(C(C)C)C(C)C. The summed E-state index contributed by atoms with van der Waals surface area (Å²) in [5.41, 5.74) is 9.40. The monoisotopic (exact) mass is 249 g/mol. The summed E-state index contributed by atoms with van der Waals surface area (Å²) in [6.07, 6.45) is 0. The van der Waals surface area contributed by atoms with E-state index in [1.807, 2.05) is 6.07 Å². The van der Waals surface area contributed by atoms with Crippen LogP contribution in [0.15, 0.2) is 24.3 Å². The smallest absolute Gasteiger partial charge is 0.0969 e. The van der Waals surface area contributed by atoms with Crippen LogP contribution in [0.1, 0.15) is 41.5 Å². The van der Waals surface area contributed by atoms with E-state index in [0.717, 1.165) is 5.69 Å². The number of anilines is 1. The molecule has 0 spiro atoms. The summed E-state index contributed by atoms with van der Waals surface area (Å²) in [5, 5.41) is 1.46. The van der Waals surface area contributed by atoms with Crippen molar-refractivity contribution >= 4 is 18.9 Å². The molecule has 0 amide bonds. The highest BCUT2D eigenvalue weighted by molar-refractivity contribution is 6.95. The summed E-state index contributed by atoms with van der Waals surface area (Å²) in [7, 11) is -1.57. The van der Waals surface area contributed by atoms with Crippen LogP contribution in [0.25, 0.3) is 0 Å². The van der Waals surface area contributed by atoms with Gasteiger partial charge in [0.25, 0.3) is 0 Å². The van der Waals surface area contributed by atoms with E-state index in [1.54, 1.807) is 0 Å². The van der Waals surface area contributed by atoms with Crippen LogP contribution in [-0.2, 0) is 0 Å². The fourth-order valence-corrected chi connectivity index (χ4v) is 10.7. The molecule has 0 saturated carbocycles. The van der Waals surface area contributed by atoms with E-state index in [2.05, 4.69) is 59.7 Å². The molecule has 1 nitrogen and oxygen atoms in total. The van der Waals surface area contributed by atoms with Crippen molar-refractivity contribution in [3.05, 3.63) is 24.3 Å². The highest BCUT2D eigenvalue weighted by Crippen LogP contribution is 2.41. The first-order chi connectivity index (χ1) is 7.85. The molecular weight excluding hydrogens is 222 g/mol. The number of benzene rings is 1. The molecule has 2 heteroatoms. The Labute approximate surface area is 107 Å². The summed E-state index contributed by atoms with van der Waals surface area (Å²) in [4.78, 5) is 0. The largest absolute Gasteiger partial charge is 0.399 e. The number of nitrogens with two attached hydrogens (primary N) is 1. The molecule has 0 aromatic heterocycles. The number of hydrogen-bond acceptors (Lipinski definition) is 1. The summed E-state index contributed by atoms with van der Waals surface area (Å²) >= 11 is 0.